The minimum Gasteiger partial charge on any atom is -0.321 e. The Hall–Kier alpha value is -3.00. The number of halogens is 4. The van der Waals surface area contributed by atoms with Gasteiger partial charge in [-0.2, -0.15) is 0 Å². The van der Waals surface area contributed by atoms with Gasteiger partial charge in [0, 0.05) is 26.0 Å². The van der Waals surface area contributed by atoms with Crippen molar-refractivity contribution in [2.75, 3.05) is 12.4 Å². The molecule has 3 rings (SSSR count). The maximum absolute atomic E-state index is 13.8. The summed E-state index contributed by atoms with van der Waals surface area (Å²) in [4.78, 5) is 26.2. The molecule has 0 bridgehead atoms. The first-order chi connectivity index (χ1) is 13.6. The van der Waals surface area contributed by atoms with Gasteiger partial charge in [0.15, 0.2) is 11.6 Å². The standard InChI is InChI=1S/C20H17ClF3N3O2/c1-10(27(3)20(29)25-11-4-5-16(22)15(21)6-11)14-9-26(2)19(28)13-8-18(24)17(23)7-12(13)14/h4-10H,1-3H3,(H,25,29)/t10-/m0/s1. The smallest absolute Gasteiger partial charge is 0.321 e. The highest BCUT2D eigenvalue weighted by Crippen LogP contribution is 2.28. The molecule has 0 aliphatic rings. The van der Waals surface area contributed by atoms with E-state index in [1.807, 2.05) is 0 Å². The lowest BCUT2D eigenvalue weighted by molar-refractivity contribution is 0.208. The van der Waals surface area contributed by atoms with E-state index in [0.717, 1.165) is 18.2 Å². The predicted molar refractivity (Wildman–Crippen MR) is 106 cm³/mol. The normalized spacial score (nSPS) is 12.1. The highest BCUT2D eigenvalue weighted by molar-refractivity contribution is 6.31. The van der Waals surface area contributed by atoms with Crippen LogP contribution in [0.3, 0.4) is 0 Å². The van der Waals surface area contributed by atoms with Gasteiger partial charge in [0.25, 0.3) is 5.56 Å². The fraction of sp³-hybridized carbons (Fsp3) is 0.200. The van der Waals surface area contributed by atoms with Crippen molar-refractivity contribution in [2.24, 2.45) is 7.05 Å². The van der Waals surface area contributed by atoms with E-state index in [-0.39, 0.29) is 15.8 Å². The van der Waals surface area contributed by atoms with Crippen molar-refractivity contribution >= 4 is 34.1 Å². The van der Waals surface area contributed by atoms with E-state index in [1.54, 1.807) is 6.92 Å². The third-order valence-corrected chi connectivity index (χ3v) is 5.07. The average molecular weight is 424 g/mol. The van der Waals surface area contributed by atoms with Crippen LogP contribution in [0.4, 0.5) is 23.7 Å². The number of pyridine rings is 1. The van der Waals surface area contributed by atoms with Crippen LogP contribution in [0.5, 0.6) is 0 Å². The minimum absolute atomic E-state index is 0.00914. The number of nitrogens with one attached hydrogen (secondary N) is 1. The number of aromatic nitrogens is 1. The Bertz CT molecular complexity index is 1180. The summed E-state index contributed by atoms with van der Waals surface area (Å²) in [6, 6.07) is 4.41. The monoisotopic (exact) mass is 423 g/mol. The molecule has 5 nitrogen and oxygen atoms in total. The molecule has 0 spiro atoms. The lowest BCUT2D eigenvalue weighted by Gasteiger charge is -2.27. The maximum Gasteiger partial charge on any atom is 0.322 e. The van der Waals surface area contributed by atoms with Crippen LogP contribution in [-0.4, -0.2) is 22.5 Å². The molecule has 2 amide bonds. The Morgan fingerprint density at radius 3 is 2.34 bits per heavy atom. The molecule has 1 atom stereocenters. The number of rotatable bonds is 3. The number of amides is 2. The lowest BCUT2D eigenvalue weighted by Crippen LogP contribution is -2.34. The highest BCUT2D eigenvalue weighted by Gasteiger charge is 2.22. The van der Waals surface area contributed by atoms with Crippen LogP contribution in [0, 0.1) is 17.5 Å². The predicted octanol–water partition coefficient (Wildman–Crippen LogP) is 4.83. The second-order valence-corrected chi connectivity index (χ2v) is 7.07. The number of nitrogens with zero attached hydrogens (tertiary/aromatic N) is 2. The van der Waals surface area contributed by atoms with E-state index < -0.39 is 35.1 Å². The Labute approximate surface area is 169 Å². The number of hydrogen-bond acceptors (Lipinski definition) is 2. The summed E-state index contributed by atoms with van der Waals surface area (Å²) in [6.07, 6.45) is 1.48. The summed E-state index contributed by atoms with van der Waals surface area (Å²) in [7, 11) is 2.99. The van der Waals surface area contributed by atoms with Gasteiger partial charge in [-0.25, -0.2) is 18.0 Å². The molecule has 0 aliphatic heterocycles. The molecule has 0 unspecified atom stereocenters. The molecule has 2 aromatic carbocycles. The molecule has 1 aromatic heterocycles. The first kappa shape index (κ1) is 20.7. The Morgan fingerprint density at radius 1 is 1.10 bits per heavy atom. The van der Waals surface area contributed by atoms with E-state index in [4.69, 9.17) is 11.6 Å². The van der Waals surface area contributed by atoms with Gasteiger partial charge < -0.3 is 14.8 Å². The number of benzene rings is 2. The second-order valence-electron chi connectivity index (χ2n) is 6.66. The van der Waals surface area contributed by atoms with Crippen molar-refractivity contribution in [3.05, 3.63) is 74.9 Å². The molecule has 0 saturated heterocycles. The number of carbonyl (C=O) groups excluding carboxylic acids is 1. The van der Waals surface area contributed by atoms with E-state index in [0.29, 0.717) is 11.3 Å². The van der Waals surface area contributed by atoms with Crippen LogP contribution in [0.15, 0.2) is 41.3 Å². The molecule has 29 heavy (non-hydrogen) atoms. The number of carbonyl (C=O) groups is 1. The molecule has 0 aliphatic carbocycles. The zero-order valence-corrected chi connectivity index (χ0v) is 16.5. The number of aryl methyl sites for hydroxylation is 1. The van der Waals surface area contributed by atoms with Gasteiger partial charge in [0.1, 0.15) is 5.82 Å². The number of anilines is 1. The highest BCUT2D eigenvalue weighted by atomic mass is 35.5. The molecular weight excluding hydrogens is 407 g/mol. The Kier molecular flexibility index (Phi) is 5.57. The summed E-state index contributed by atoms with van der Waals surface area (Å²) in [5.74, 6) is -2.83. The quantitative estimate of drug-likeness (QED) is 0.655. The molecular formula is C20H17ClF3N3O2. The molecule has 3 aromatic rings. The molecule has 1 heterocycles. The van der Waals surface area contributed by atoms with Gasteiger partial charge >= 0.3 is 6.03 Å². The summed E-state index contributed by atoms with van der Waals surface area (Å²) >= 11 is 5.72. The molecule has 0 saturated carbocycles. The van der Waals surface area contributed by atoms with E-state index >= 15 is 0 Å². The van der Waals surface area contributed by atoms with E-state index in [9.17, 15) is 22.8 Å². The van der Waals surface area contributed by atoms with Crippen molar-refractivity contribution in [1.82, 2.24) is 9.47 Å². The Balaban J connectivity index is 1.97. The van der Waals surface area contributed by atoms with Gasteiger partial charge in [-0.05, 0) is 48.2 Å². The first-order valence-corrected chi connectivity index (χ1v) is 8.95. The van der Waals surface area contributed by atoms with E-state index in [1.165, 1.54) is 41.9 Å². The van der Waals surface area contributed by atoms with Gasteiger partial charge in [0.05, 0.1) is 16.5 Å². The van der Waals surface area contributed by atoms with Gasteiger partial charge in [-0.3, -0.25) is 4.79 Å². The molecule has 1 N–H and O–H groups in total. The van der Waals surface area contributed by atoms with Crippen LogP contribution in [0.1, 0.15) is 18.5 Å². The molecule has 0 radical (unpaired) electrons. The zero-order valence-electron chi connectivity index (χ0n) is 15.8. The van der Waals surface area contributed by atoms with Crippen molar-refractivity contribution in [2.45, 2.75) is 13.0 Å². The molecule has 152 valence electrons. The van der Waals surface area contributed by atoms with E-state index in [2.05, 4.69) is 5.32 Å². The van der Waals surface area contributed by atoms with Crippen LogP contribution < -0.4 is 10.9 Å². The molecule has 9 heteroatoms. The third kappa shape index (κ3) is 3.93. The number of fused-ring (bicyclic) bond motifs is 1. The largest absolute Gasteiger partial charge is 0.322 e. The van der Waals surface area contributed by atoms with Crippen LogP contribution in [-0.2, 0) is 7.05 Å². The summed E-state index contributed by atoms with van der Waals surface area (Å²) in [6.45, 7) is 1.68. The Morgan fingerprint density at radius 2 is 1.72 bits per heavy atom. The van der Waals surface area contributed by atoms with Crippen molar-refractivity contribution in [3.8, 4) is 0 Å². The zero-order chi connectivity index (χ0) is 21.5. The second kappa shape index (κ2) is 7.79. The summed E-state index contributed by atoms with van der Waals surface area (Å²) < 4.78 is 42.0. The van der Waals surface area contributed by atoms with Crippen LogP contribution in [0.2, 0.25) is 5.02 Å². The fourth-order valence-electron chi connectivity index (χ4n) is 2.99. The SMILES string of the molecule is C[C@@H](c1cn(C)c(=O)c2cc(F)c(F)cc12)N(C)C(=O)Nc1ccc(F)c(Cl)c1. The van der Waals surface area contributed by atoms with Crippen LogP contribution >= 0.6 is 11.6 Å². The van der Waals surface area contributed by atoms with Gasteiger partial charge in [0.2, 0.25) is 0 Å². The first-order valence-electron chi connectivity index (χ1n) is 8.57. The van der Waals surface area contributed by atoms with Crippen molar-refractivity contribution in [1.29, 1.82) is 0 Å². The number of urea groups is 1. The average Bonchev–Trinajstić information content (AvgIpc) is 2.68. The summed E-state index contributed by atoms with van der Waals surface area (Å²) in [5, 5.41) is 2.67. The van der Waals surface area contributed by atoms with Gasteiger partial charge in [-0.15, -0.1) is 0 Å². The third-order valence-electron chi connectivity index (χ3n) is 4.78. The maximum atomic E-state index is 13.8. The topological polar surface area (TPSA) is 54.3 Å². The molecule has 0 fully saturated rings. The lowest BCUT2D eigenvalue weighted by atomic mass is 10.0. The van der Waals surface area contributed by atoms with Crippen molar-refractivity contribution in [3.63, 3.8) is 0 Å². The fourth-order valence-corrected chi connectivity index (χ4v) is 3.17. The van der Waals surface area contributed by atoms with Gasteiger partial charge in [-0.1, -0.05) is 11.6 Å². The minimum atomic E-state index is -1.13. The van der Waals surface area contributed by atoms with Crippen LogP contribution in [0.25, 0.3) is 10.8 Å². The summed E-state index contributed by atoms with van der Waals surface area (Å²) in [5.41, 5.74) is 0.262. The van der Waals surface area contributed by atoms with Crippen molar-refractivity contribution < 1.29 is 18.0 Å². The number of hydrogen-bond donors (Lipinski definition) is 1.